The predicted octanol–water partition coefficient (Wildman–Crippen LogP) is 2.70. The number of hydrogen-bond donors (Lipinski definition) is 1. The van der Waals surface area contributed by atoms with Crippen LogP contribution in [0.3, 0.4) is 0 Å². The molecule has 0 saturated carbocycles. The van der Waals surface area contributed by atoms with Gasteiger partial charge >= 0.3 is 5.97 Å². The Balaban J connectivity index is 1.62. The quantitative estimate of drug-likeness (QED) is 0.719. The SMILES string of the molecule is CC(C)[C@@H](CS(=O)(=O)N1CCN(c2ccc(-c3ccc(F)cc3)cn2)CC1)C(=O)O. The number of rotatable bonds is 7. The first-order valence-corrected chi connectivity index (χ1v) is 11.5. The molecule has 30 heavy (non-hydrogen) atoms. The molecule has 2 aromatic rings. The fourth-order valence-electron chi connectivity index (χ4n) is 3.46. The van der Waals surface area contributed by atoms with Crippen molar-refractivity contribution in [3.63, 3.8) is 0 Å². The number of piperazine rings is 1. The first-order valence-electron chi connectivity index (χ1n) is 9.85. The van der Waals surface area contributed by atoms with E-state index >= 15 is 0 Å². The fourth-order valence-corrected chi connectivity index (χ4v) is 5.37. The van der Waals surface area contributed by atoms with E-state index in [4.69, 9.17) is 0 Å². The molecule has 2 heterocycles. The van der Waals surface area contributed by atoms with Gasteiger partial charge < -0.3 is 10.0 Å². The Hall–Kier alpha value is -2.52. The van der Waals surface area contributed by atoms with Crippen LogP contribution in [0, 0.1) is 17.7 Å². The molecule has 1 aromatic heterocycles. The van der Waals surface area contributed by atoms with Crippen molar-refractivity contribution in [2.45, 2.75) is 13.8 Å². The number of aromatic nitrogens is 1. The number of hydrogen-bond acceptors (Lipinski definition) is 5. The van der Waals surface area contributed by atoms with Crippen LogP contribution >= 0.6 is 0 Å². The van der Waals surface area contributed by atoms with Crippen LogP contribution < -0.4 is 4.90 Å². The van der Waals surface area contributed by atoms with Crippen LogP contribution in [0.15, 0.2) is 42.6 Å². The molecule has 0 spiro atoms. The van der Waals surface area contributed by atoms with Gasteiger partial charge in [-0.05, 0) is 35.7 Å². The maximum atomic E-state index is 13.1. The molecule has 0 aliphatic carbocycles. The van der Waals surface area contributed by atoms with E-state index in [1.165, 1.54) is 16.4 Å². The highest BCUT2D eigenvalue weighted by Gasteiger charge is 2.33. The van der Waals surface area contributed by atoms with Crippen molar-refractivity contribution in [1.82, 2.24) is 9.29 Å². The maximum Gasteiger partial charge on any atom is 0.307 e. The number of carbonyl (C=O) groups is 1. The number of sulfonamides is 1. The second-order valence-electron chi connectivity index (χ2n) is 7.77. The standard InChI is InChI=1S/C21H26FN3O4S/c1-15(2)19(21(26)27)14-30(28,29)25-11-9-24(10-12-25)20-8-5-17(13-23-20)16-3-6-18(22)7-4-16/h3-8,13,15,19H,9-12,14H2,1-2H3,(H,26,27)/t19-/m1/s1. The number of pyridine rings is 1. The second kappa shape index (κ2) is 9.09. The Morgan fingerprint density at radius 1 is 1.07 bits per heavy atom. The van der Waals surface area contributed by atoms with Crippen molar-refractivity contribution in [2.75, 3.05) is 36.8 Å². The fraction of sp³-hybridized carbons (Fsp3) is 0.429. The second-order valence-corrected chi connectivity index (χ2v) is 9.78. The number of carboxylic acid groups (broad SMARTS) is 1. The highest BCUT2D eigenvalue weighted by atomic mass is 32.2. The van der Waals surface area contributed by atoms with Crippen LogP contribution in [0.2, 0.25) is 0 Å². The largest absolute Gasteiger partial charge is 0.481 e. The van der Waals surface area contributed by atoms with Gasteiger partial charge in [0, 0.05) is 37.9 Å². The van der Waals surface area contributed by atoms with Crippen LogP contribution in [0.1, 0.15) is 13.8 Å². The summed E-state index contributed by atoms with van der Waals surface area (Å²) in [7, 11) is -3.65. The van der Waals surface area contributed by atoms with Crippen LogP contribution in [-0.2, 0) is 14.8 Å². The molecule has 7 nitrogen and oxygen atoms in total. The third kappa shape index (κ3) is 5.14. The van der Waals surface area contributed by atoms with Gasteiger partial charge in [0.25, 0.3) is 0 Å². The average Bonchev–Trinajstić information content (AvgIpc) is 2.72. The molecule has 0 unspecified atom stereocenters. The molecule has 162 valence electrons. The van der Waals surface area contributed by atoms with Crippen LogP contribution in [0.25, 0.3) is 11.1 Å². The molecule has 9 heteroatoms. The molecule has 1 aliphatic heterocycles. The summed E-state index contributed by atoms with van der Waals surface area (Å²) < 4.78 is 39.8. The normalized spacial score (nSPS) is 16.6. The van der Waals surface area contributed by atoms with Gasteiger partial charge in [0.15, 0.2) is 0 Å². The first kappa shape index (κ1) is 22.2. The average molecular weight is 436 g/mol. The van der Waals surface area contributed by atoms with Gasteiger partial charge in [0.2, 0.25) is 10.0 Å². The Morgan fingerprint density at radius 3 is 2.17 bits per heavy atom. The lowest BCUT2D eigenvalue weighted by Gasteiger charge is -2.35. The van der Waals surface area contributed by atoms with E-state index in [0.717, 1.165) is 16.9 Å². The van der Waals surface area contributed by atoms with E-state index in [-0.39, 0.29) is 30.6 Å². The summed E-state index contributed by atoms with van der Waals surface area (Å²) in [5.41, 5.74) is 1.73. The van der Waals surface area contributed by atoms with Gasteiger partial charge in [0.05, 0.1) is 11.7 Å². The number of aliphatic carboxylic acids is 1. The Morgan fingerprint density at radius 2 is 1.67 bits per heavy atom. The van der Waals surface area contributed by atoms with Crippen LogP contribution in [0.4, 0.5) is 10.2 Å². The molecule has 1 saturated heterocycles. The van der Waals surface area contributed by atoms with Gasteiger partial charge in [0.1, 0.15) is 11.6 Å². The van der Waals surface area contributed by atoms with Crippen molar-refractivity contribution >= 4 is 21.8 Å². The molecular weight excluding hydrogens is 409 g/mol. The zero-order valence-corrected chi connectivity index (χ0v) is 17.8. The van der Waals surface area contributed by atoms with Gasteiger partial charge in [-0.1, -0.05) is 26.0 Å². The zero-order valence-electron chi connectivity index (χ0n) is 17.0. The molecular formula is C21H26FN3O4S. The van der Waals surface area contributed by atoms with E-state index in [0.29, 0.717) is 13.1 Å². The molecule has 1 atom stereocenters. The van der Waals surface area contributed by atoms with Crippen molar-refractivity contribution in [3.05, 3.63) is 48.4 Å². The molecule has 1 aliphatic rings. The summed E-state index contributed by atoms with van der Waals surface area (Å²) in [5.74, 6) is -2.21. The molecule has 3 rings (SSSR count). The summed E-state index contributed by atoms with van der Waals surface area (Å²) in [5, 5.41) is 9.30. The van der Waals surface area contributed by atoms with Crippen LogP contribution in [0.5, 0.6) is 0 Å². The van der Waals surface area contributed by atoms with Crippen LogP contribution in [-0.4, -0.2) is 60.7 Å². The number of benzene rings is 1. The summed E-state index contributed by atoms with van der Waals surface area (Å²) in [6.07, 6.45) is 1.71. The van der Waals surface area contributed by atoms with E-state index in [2.05, 4.69) is 4.98 Å². The molecule has 0 radical (unpaired) electrons. The minimum atomic E-state index is -3.65. The van der Waals surface area contributed by atoms with E-state index < -0.39 is 21.9 Å². The summed E-state index contributed by atoms with van der Waals surface area (Å²) in [4.78, 5) is 17.8. The lowest BCUT2D eigenvalue weighted by Crippen LogP contribution is -2.50. The van der Waals surface area contributed by atoms with Gasteiger partial charge in [-0.25, -0.2) is 17.8 Å². The lowest BCUT2D eigenvalue weighted by molar-refractivity contribution is -0.142. The van der Waals surface area contributed by atoms with E-state index in [1.807, 2.05) is 17.0 Å². The van der Waals surface area contributed by atoms with Crippen molar-refractivity contribution in [3.8, 4) is 11.1 Å². The minimum Gasteiger partial charge on any atom is -0.481 e. The van der Waals surface area contributed by atoms with Crippen molar-refractivity contribution < 1.29 is 22.7 Å². The number of nitrogens with zero attached hydrogens (tertiary/aromatic N) is 3. The van der Waals surface area contributed by atoms with Crippen molar-refractivity contribution in [1.29, 1.82) is 0 Å². The summed E-state index contributed by atoms with van der Waals surface area (Å²) in [6.45, 7) is 4.95. The molecule has 1 fully saturated rings. The Bertz CT molecular complexity index is 970. The summed E-state index contributed by atoms with van der Waals surface area (Å²) >= 11 is 0. The number of carboxylic acids is 1. The number of halogens is 1. The molecule has 1 N–H and O–H groups in total. The minimum absolute atomic E-state index is 0.262. The number of anilines is 1. The first-order chi connectivity index (χ1) is 14.2. The van der Waals surface area contributed by atoms with E-state index in [9.17, 15) is 22.7 Å². The summed E-state index contributed by atoms with van der Waals surface area (Å²) in [6, 6.07) is 9.95. The molecule has 0 amide bonds. The van der Waals surface area contributed by atoms with E-state index in [1.54, 1.807) is 32.2 Å². The molecule has 1 aromatic carbocycles. The smallest absolute Gasteiger partial charge is 0.307 e. The maximum absolute atomic E-state index is 13.1. The Labute approximate surface area is 176 Å². The van der Waals surface area contributed by atoms with Gasteiger partial charge in [-0.3, -0.25) is 4.79 Å². The molecule has 0 bridgehead atoms. The van der Waals surface area contributed by atoms with Crippen molar-refractivity contribution in [2.24, 2.45) is 11.8 Å². The van der Waals surface area contributed by atoms with Gasteiger partial charge in [-0.15, -0.1) is 0 Å². The Kier molecular flexibility index (Phi) is 6.72. The monoisotopic (exact) mass is 435 g/mol. The topological polar surface area (TPSA) is 90.8 Å². The lowest BCUT2D eigenvalue weighted by atomic mass is 9.98. The van der Waals surface area contributed by atoms with Gasteiger partial charge in [-0.2, -0.15) is 4.31 Å². The highest BCUT2D eigenvalue weighted by molar-refractivity contribution is 7.89. The third-order valence-electron chi connectivity index (χ3n) is 5.39. The zero-order chi connectivity index (χ0) is 21.9. The predicted molar refractivity (Wildman–Crippen MR) is 113 cm³/mol. The third-order valence-corrected chi connectivity index (χ3v) is 7.33. The highest BCUT2D eigenvalue weighted by Crippen LogP contribution is 2.23.